The molecule has 1 aromatic carbocycles. The normalized spacial score (nSPS) is 16.9. The molecule has 0 radical (unpaired) electrons. The molecular formula is C15H19N3O2. The van der Waals surface area contributed by atoms with Gasteiger partial charge in [-0.25, -0.2) is 4.98 Å². The van der Waals surface area contributed by atoms with Gasteiger partial charge in [0.2, 0.25) is 5.91 Å². The number of nitrogens with two attached hydrogens (primary N) is 1. The Morgan fingerprint density at radius 2 is 2.30 bits per heavy atom. The lowest BCUT2D eigenvalue weighted by atomic mass is 9.66. The number of fused-ring (bicyclic) bond motifs is 1. The Morgan fingerprint density at radius 3 is 2.95 bits per heavy atom. The van der Waals surface area contributed by atoms with Crippen molar-refractivity contribution in [2.75, 3.05) is 11.9 Å². The van der Waals surface area contributed by atoms with Crippen molar-refractivity contribution in [3.63, 3.8) is 0 Å². The van der Waals surface area contributed by atoms with E-state index >= 15 is 0 Å². The predicted molar refractivity (Wildman–Crippen MR) is 77.3 cm³/mol. The molecule has 1 saturated carbocycles. The minimum atomic E-state index is 0.0229. The zero-order valence-electron chi connectivity index (χ0n) is 11.6. The van der Waals surface area contributed by atoms with E-state index in [9.17, 15) is 4.79 Å². The van der Waals surface area contributed by atoms with E-state index in [2.05, 4.69) is 10.3 Å². The molecule has 1 aromatic heterocycles. The Balaban J connectivity index is 1.70. The van der Waals surface area contributed by atoms with Crippen LogP contribution in [0.1, 0.15) is 31.6 Å². The number of nitrogens with one attached hydrogen (secondary N) is 1. The molecule has 0 saturated heterocycles. The van der Waals surface area contributed by atoms with Crippen LogP contribution in [0.5, 0.6) is 0 Å². The Hall–Kier alpha value is -1.88. The number of benzene rings is 1. The van der Waals surface area contributed by atoms with Crippen LogP contribution in [0.2, 0.25) is 0 Å². The van der Waals surface area contributed by atoms with Crippen molar-refractivity contribution >= 4 is 22.7 Å². The van der Waals surface area contributed by atoms with Crippen molar-refractivity contribution in [2.45, 2.75) is 32.6 Å². The first-order chi connectivity index (χ1) is 9.60. The highest BCUT2D eigenvalue weighted by molar-refractivity contribution is 5.93. The molecule has 0 spiro atoms. The molecule has 20 heavy (non-hydrogen) atoms. The van der Waals surface area contributed by atoms with E-state index in [-0.39, 0.29) is 11.3 Å². The second-order valence-electron chi connectivity index (χ2n) is 5.70. The van der Waals surface area contributed by atoms with E-state index in [1.54, 1.807) is 6.92 Å². The summed E-state index contributed by atoms with van der Waals surface area (Å²) in [5.41, 5.74) is 8.06. The number of carbonyl (C=O) groups is 1. The van der Waals surface area contributed by atoms with E-state index in [1.807, 2.05) is 18.2 Å². The highest BCUT2D eigenvalue weighted by Crippen LogP contribution is 2.43. The molecule has 0 atom stereocenters. The van der Waals surface area contributed by atoms with Gasteiger partial charge in [0.15, 0.2) is 11.5 Å². The maximum Gasteiger partial charge on any atom is 0.224 e. The van der Waals surface area contributed by atoms with Gasteiger partial charge in [0.05, 0.1) is 0 Å². The van der Waals surface area contributed by atoms with Crippen LogP contribution in [-0.2, 0) is 4.79 Å². The average Bonchev–Trinajstić information content (AvgIpc) is 2.73. The average molecular weight is 273 g/mol. The lowest BCUT2D eigenvalue weighted by Gasteiger charge is -2.40. The molecule has 0 bridgehead atoms. The third-order valence-electron chi connectivity index (χ3n) is 4.16. The number of anilines is 1. The number of aromatic nitrogens is 1. The van der Waals surface area contributed by atoms with Crippen LogP contribution in [0.15, 0.2) is 22.6 Å². The molecule has 1 aliphatic rings. The van der Waals surface area contributed by atoms with Crippen molar-refractivity contribution in [1.82, 2.24) is 4.98 Å². The second kappa shape index (κ2) is 4.90. The van der Waals surface area contributed by atoms with Gasteiger partial charge in [-0.3, -0.25) is 4.79 Å². The van der Waals surface area contributed by atoms with Crippen LogP contribution in [0.25, 0.3) is 11.1 Å². The Labute approximate surface area is 117 Å². The molecular weight excluding hydrogens is 254 g/mol. The highest BCUT2D eigenvalue weighted by atomic mass is 16.3. The number of oxazole rings is 1. The summed E-state index contributed by atoms with van der Waals surface area (Å²) in [7, 11) is 0. The van der Waals surface area contributed by atoms with Crippen molar-refractivity contribution in [2.24, 2.45) is 11.1 Å². The second-order valence-corrected chi connectivity index (χ2v) is 5.70. The third-order valence-corrected chi connectivity index (χ3v) is 4.16. The summed E-state index contributed by atoms with van der Waals surface area (Å²) in [5.74, 6) is 0.648. The number of carbonyl (C=O) groups excluding carboxylic acids is 1. The van der Waals surface area contributed by atoms with Gasteiger partial charge in [-0.2, -0.15) is 0 Å². The Kier molecular flexibility index (Phi) is 3.22. The molecule has 3 N–H and O–H groups in total. The van der Waals surface area contributed by atoms with Crippen LogP contribution in [0, 0.1) is 12.3 Å². The minimum absolute atomic E-state index is 0.0229. The summed E-state index contributed by atoms with van der Waals surface area (Å²) in [5, 5.41) is 2.93. The van der Waals surface area contributed by atoms with Gasteiger partial charge in [0.25, 0.3) is 0 Å². The van der Waals surface area contributed by atoms with Crippen LogP contribution in [0.4, 0.5) is 5.69 Å². The predicted octanol–water partition coefficient (Wildman–Crippen LogP) is 2.59. The molecule has 0 aliphatic heterocycles. The number of nitrogens with zero attached hydrogens (tertiary/aromatic N) is 1. The zero-order valence-corrected chi connectivity index (χ0v) is 11.6. The number of rotatable bonds is 4. The number of aryl methyl sites for hydroxylation is 1. The smallest absolute Gasteiger partial charge is 0.224 e. The first kappa shape index (κ1) is 13.1. The Bertz CT molecular complexity index is 638. The van der Waals surface area contributed by atoms with E-state index in [0.29, 0.717) is 18.9 Å². The lowest BCUT2D eigenvalue weighted by molar-refractivity contribution is -0.119. The van der Waals surface area contributed by atoms with Crippen LogP contribution >= 0.6 is 0 Å². The monoisotopic (exact) mass is 273 g/mol. The Morgan fingerprint density at radius 1 is 1.50 bits per heavy atom. The van der Waals surface area contributed by atoms with Gasteiger partial charge in [-0.1, -0.05) is 6.42 Å². The molecule has 2 aromatic rings. The van der Waals surface area contributed by atoms with Gasteiger partial charge < -0.3 is 15.5 Å². The van der Waals surface area contributed by atoms with Gasteiger partial charge in [0, 0.05) is 19.0 Å². The minimum Gasteiger partial charge on any atom is -0.441 e. The van der Waals surface area contributed by atoms with Gasteiger partial charge >= 0.3 is 0 Å². The number of amides is 1. The molecule has 1 fully saturated rings. The van der Waals surface area contributed by atoms with Crippen molar-refractivity contribution in [3.8, 4) is 0 Å². The first-order valence-corrected chi connectivity index (χ1v) is 6.97. The standard InChI is InChI=1S/C15H19N3O2/c1-10-17-12-7-11(3-4-13(12)20-10)18-14(19)8-15(9-16)5-2-6-15/h3-4,7H,2,5-6,8-9,16H2,1H3,(H,18,19). The van der Waals surface area contributed by atoms with E-state index in [1.165, 1.54) is 6.42 Å². The fourth-order valence-electron chi connectivity index (χ4n) is 2.80. The molecule has 5 nitrogen and oxygen atoms in total. The van der Waals surface area contributed by atoms with Crippen molar-refractivity contribution < 1.29 is 9.21 Å². The molecule has 1 amide bonds. The maximum absolute atomic E-state index is 12.1. The lowest BCUT2D eigenvalue weighted by Crippen LogP contribution is -2.40. The summed E-state index contributed by atoms with van der Waals surface area (Å²) in [6.45, 7) is 2.39. The molecule has 5 heteroatoms. The SMILES string of the molecule is Cc1nc2cc(NC(=O)CC3(CN)CCC3)ccc2o1. The number of hydrogen-bond donors (Lipinski definition) is 2. The number of hydrogen-bond acceptors (Lipinski definition) is 4. The summed E-state index contributed by atoms with van der Waals surface area (Å²) in [4.78, 5) is 16.4. The maximum atomic E-state index is 12.1. The summed E-state index contributed by atoms with van der Waals surface area (Å²) in [6, 6.07) is 5.49. The van der Waals surface area contributed by atoms with Crippen molar-refractivity contribution in [1.29, 1.82) is 0 Å². The zero-order chi connectivity index (χ0) is 14.2. The largest absolute Gasteiger partial charge is 0.441 e. The quantitative estimate of drug-likeness (QED) is 0.897. The van der Waals surface area contributed by atoms with Gasteiger partial charge in [-0.15, -0.1) is 0 Å². The van der Waals surface area contributed by atoms with Crippen LogP contribution in [-0.4, -0.2) is 17.4 Å². The summed E-state index contributed by atoms with van der Waals surface area (Å²) >= 11 is 0. The van der Waals surface area contributed by atoms with Crippen molar-refractivity contribution in [3.05, 3.63) is 24.1 Å². The fraction of sp³-hybridized carbons (Fsp3) is 0.467. The van der Waals surface area contributed by atoms with E-state index in [0.717, 1.165) is 29.6 Å². The van der Waals surface area contributed by atoms with E-state index in [4.69, 9.17) is 10.2 Å². The van der Waals surface area contributed by atoms with Crippen LogP contribution in [0.3, 0.4) is 0 Å². The summed E-state index contributed by atoms with van der Waals surface area (Å²) in [6.07, 6.45) is 3.78. The fourth-order valence-corrected chi connectivity index (χ4v) is 2.80. The van der Waals surface area contributed by atoms with Crippen LogP contribution < -0.4 is 11.1 Å². The third kappa shape index (κ3) is 2.41. The molecule has 3 rings (SSSR count). The van der Waals surface area contributed by atoms with Gasteiger partial charge in [0.1, 0.15) is 5.52 Å². The highest BCUT2D eigenvalue weighted by Gasteiger charge is 2.37. The first-order valence-electron chi connectivity index (χ1n) is 6.97. The molecule has 106 valence electrons. The summed E-state index contributed by atoms with van der Waals surface area (Å²) < 4.78 is 5.41. The molecule has 1 aliphatic carbocycles. The van der Waals surface area contributed by atoms with E-state index < -0.39 is 0 Å². The molecule has 0 unspecified atom stereocenters. The van der Waals surface area contributed by atoms with Gasteiger partial charge in [-0.05, 0) is 43.0 Å². The molecule has 1 heterocycles. The topological polar surface area (TPSA) is 81.2 Å².